The summed E-state index contributed by atoms with van der Waals surface area (Å²) in [4.78, 5) is 27.6. The van der Waals surface area contributed by atoms with E-state index in [1.807, 2.05) is 6.07 Å². The van der Waals surface area contributed by atoms with Crippen LogP contribution in [0.5, 0.6) is 5.75 Å². The molecule has 0 fully saturated rings. The summed E-state index contributed by atoms with van der Waals surface area (Å²) < 4.78 is 6.40. The number of nitrogens with zero attached hydrogens (tertiary/aromatic N) is 2. The summed E-state index contributed by atoms with van der Waals surface area (Å²) in [5.41, 5.74) is 0.980. The molecule has 0 saturated carbocycles. The van der Waals surface area contributed by atoms with Gasteiger partial charge in [0, 0.05) is 38.2 Å². The maximum atomic E-state index is 12.1. The largest absolute Gasteiger partial charge is 0.496 e. The molecule has 1 amide bonds. The maximum Gasteiger partial charge on any atom is 0.256 e. The average Bonchev–Trinajstić information content (AvgIpc) is 2.48. The third kappa shape index (κ3) is 3.03. The molecule has 0 saturated heterocycles. The Balaban J connectivity index is 2.17. The van der Waals surface area contributed by atoms with Crippen LogP contribution >= 0.6 is 0 Å². The van der Waals surface area contributed by atoms with Gasteiger partial charge in [-0.3, -0.25) is 14.6 Å². The Morgan fingerprint density at radius 3 is 2.95 bits per heavy atom. The summed E-state index contributed by atoms with van der Waals surface area (Å²) in [6.07, 6.45) is 4.80. The minimum atomic E-state index is -0.304. The van der Waals surface area contributed by atoms with Gasteiger partial charge in [-0.1, -0.05) is 6.07 Å². The molecule has 6 nitrogen and oxygen atoms in total. The predicted molar refractivity (Wildman–Crippen MR) is 73.6 cm³/mol. The first-order valence-electron chi connectivity index (χ1n) is 6.03. The van der Waals surface area contributed by atoms with Crippen molar-refractivity contribution in [1.82, 2.24) is 14.9 Å². The van der Waals surface area contributed by atoms with Gasteiger partial charge in [-0.15, -0.1) is 0 Å². The fourth-order valence-electron chi connectivity index (χ4n) is 1.73. The summed E-state index contributed by atoms with van der Waals surface area (Å²) in [6, 6.07) is 4.96. The topological polar surface area (TPSA) is 73.2 Å². The van der Waals surface area contributed by atoms with E-state index in [4.69, 9.17) is 4.74 Å². The number of amides is 1. The van der Waals surface area contributed by atoms with E-state index in [9.17, 15) is 9.59 Å². The van der Waals surface area contributed by atoms with Crippen LogP contribution in [0.4, 0.5) is 0 Å². The number of nitrogens with one attached hydrogen (secondary N) is 1. The molecule has 0 aliphatic rings. The van der Waals surface area contributed by atoms with Crippen LogP contribution in [0.15, 0.2) is 41.6 Å². The lowest BCUT2D eigenvalue weighted by molar-refractivity contribution is 0.0947. The highest BCUT2D eigenvalue weighted by Gasteiger charge is 2.13. The molecular formula is C14H15N3O3. The Morgan fingerprint density at radius 1 is 1.50 bits per heavy atom. The zero-order valence-corrected chi connectivity index (χ0v) is 11.3. The zero-order valence-electron chi connectivity index (χ0n) is 11.3. The summed E-state index contributed by atoms with van der Waals surface area (Å²) in [6.45, 7) is 0.360. The number of aromatic nitrogens is 2. The normalized spacial score (nSPS) is 10.1. The summed E-state index contributed by atoms with van der Waals surface area (Å²) >= 11 is 0. The van der Waals surface area contributed by atoms with Gasteiger partial charge in [0.05, 0.1) is 12.7 Å². The van der Waals surface area contributed by atoms with Crippen molar-refractivity contribution in [3.63, 3.8) is 0 Å². The Morgan fingerprint density at radius 2 is 2.30 bits per heavy atom. The van der Waals surface area contributed by atoms with Gasteiger partial charge in [0.25, 0.3) is 11.5 Å². The Labute approximate surface area is 116 Å². The van der Waals surface area contributed by atoms with E-state index in [0.717, 1.165) is 5.56 Å². The highest BCUT2D eigenvalue weighted by atomic mass is 16.5. The number of methoxy groups -OCH3 is 1. The molecule has 0 atom stereocenters. The van der Waals surface area contributed by atoms with E-state index in [1.165, 1.54) is 23.9 Å². The van der Waals surface area contributed by atoms with E-state index in [2.05, 4.69) is 10.3 Å². The first kappa shape index (κ1) is 13.8. The summed E-state index contributed by atoms with van der Waals surface area (Å²) in [7, 11) is 3.01. The summed E-state index contributed by atoms with van der Waals surface area (Å²) in [5.74, 6) is -0.0434. The summed E-state index contributed by atoms with van der Waals surface area (Å²) in [5, 5.41) is 2.76. The Hall–Kier alpha value is -2.63. The van der Waals surface area contributed by atoms with Crippen LogP contribution in [-0.2, 0) is 13.6 Å². The van der Waals surface area contributed by atoms with Crippen molar-refractivity contribution in [3.8, 4) is 5.75 Å². The second-order valence-corrected chi connectivity index (χ2v) is 4.25. The van der Waals surface area contributed by atoms with Crippen LogP contribution in [0.25, 0.3) is 0 Å². The monoisotopic (exact) mass is 273 g/mol. The van der Waals surface area contributed by atoms with Crippen LogP contribution in [0, 0.1) is 0 Å². The van der Waals surface area contributed by atoms with Gasteiger partial charge >= 0.3 is 0 Å². The molecule has 104 valence electrons. The second kappa shape index (κ2) is 6.01. The van der Waals surface area contributed by atoms with Crippen LogP contribution < -0.4 is 15.6 Å². The Bertz CT molecular complexity index is 665. The van der Waals surface area contributed by atoms with Crippen molar-refractivity contribution in [2.45, 2.75) is 6.54 Å². The van der Waals surface area contributed by atoms with Crippen LogP contribution in [-0.4, -0.2) is 22.6 Å². The van der Waals surface area contributed by atoms with Crippen molar-refractivity contribution in [2.24, 2.45) is 7.05 Å². The number of pyridine rings is 2. The lowest BCUT2D eigenvalue weighted by Gasteiger charge is -2.10. The number of ether oxygens (including phenoxy) is 1. The minimum absolute atomic E-state index is 0.231. The van der Waals surface area contributed by atoms with Crippen molar-refractivity contribution >= 4 is 5.91 Å². The average molecular weight is 273 g/mol. The van der Waals surface area contributed by atoms with Gasteiger partial charge in [0.2, 0.25) is 0 Å². The maximum absolute atomic E-state index is 12.1. The number of hydrogen-bond donors (Lipinski definition) is 1. The molecule has 2 rings (SSSR count). The Kier molecular flexibility index (Phi) is 4.14. The molecule has 0 radical (unpaired) electrons. The zero-order chi connectivity index (χ0) is 14.5. The molecule has 0 bridgehead atoms. The van der Waals surface area contributed by atoms with Gasteiger partial charge in [0.1, 0.15) is 5.75 Å². The molecule has 0 unspecified atom stereocenters. The molecule has 0 spiro atoms. The minimum Gasteiger partial charge on any atom is -0.496 e. The molecule has 0 aliphatic carbocycles. The first-order chi connectivity index (χ1) is 9.61. The van der Waals surface area contributed by atoms with Crippen molar-refractivity contribution in [1.29, 1.82) is 0 Å². The molecule has 0 aromatic carbocycles. The van der Waals surface area contributed by atoms with Gasteiger partial charge in [0.15, 0.2) is 0 Å². The number of hydrogen-bond acceptors (Lipinski definition) is 4. The van der Waals surface area contributed by atoms with E-state index < -0.39 is 0 Å². The number of carbonyl (C=O) groups excluding carboxylic acids is 1. The fourth-order valence-corrected chi connectivity index (χ4v) is 1.73. The van der Waals surface area contributed by atoms with Crippen molar-refractivity contribution in [2.75, 3.05) is 7.11 Å². The highest BCUT2D eigenvalue weighted by molar-refractivity contribution is 5.96. The lowest BCUT2D eigenvalue weighted by atomic mass is 10.2. The molecular weight excluding hydrogens is 258 g/mol. The molecule has 20 heavy (non-hydrogen) atoms. The molecule has 6 heteroatoms. The predicted octanol–water partition coefficient (Wildman–Crippen LogP) is 0.719. The standard InChI is InChI=1S/C14H15N3O3/c1-17-9-11(12(20-2)6-13(17)18)14(19)16-8-10-4-3-5-15-7-10/h3-7,9H,8H2,1-2H3,(H,16,19). The number of aryl methyl sites for hydroxylation is 1. The van der Waals surface area contributed by atoms with Crippen LogP contribution in [0.1, 0.15) is 15.9 Å². The van der Waals surface area contributed by atoms with E-state index in [-0.39, 0.29) is 17.2 Å². The number of rotatable bonds is 4. The van der Waals surface area contributed by atoms with E-state index in [1.54, 1.807) is 25.5 Å². The fraction of sp³-hybridized carbons (Fsp3) is 0.214. The lowest BCUT2D eigenvalue weighted by Crippen LogP contribution is -2.26. The molecule has 2 aromatic heterocycles. The van der Waals surface area contributed by atoms with E-state index in [0.29, 0.717) is 12.1 Å². The molecule has 2 heterocycles. The second-order valence-electron chi connectivity index (χ2n) is 4.25. The molecule has 2 aromatic rings. The van der Waals surface area contributed by atoms with E-state index >= 15 is 0 Å². The van der Waals surface area contributed by atoms with Crippen LogP contribution in [0.2, 0.25) is 0 Å². The molecule has 0 aliphatic heterocycles. The van der Waals surface area contributed by atoms with Gasteiger partial charge in [-0.25, -0.2) is 0 Å². The highest BCUT2D eigenvalue weighted by Crippen LogP contribution is 2.14. The van der Waals surface area contributed by atoms with Gasteiger partial charge in [-0.05, 0) is 11.6 Å². The van der Waals surface area contributed by atoms with Crippen molar-refractivity contribution < 1.29 is 9.53 Å². The van der Waals surface area contributed by atoms with Crippen LogP contribution in [0.3, 0.4) is 0 Å². The quantitative estimate of drug-likeness (QED) is 0.890. The third-order valence-electron chi connectivity index (χ3n) is 2.83. The van der Waals surface area contributed by atoms with Gasteiger partial charge in [-0.2, -0.15) is 0 Å². The van der Waals surface area contributed by atoms with Gasteiger partial charge < -0.3 is 14.6 Å². The SMILES string of the molecule is COc1cc(=O)n(C)cc1C(=O)NCc1cccnc1. The third-order valence-corrected chi connectivity index (χ3v) is 2.83. The van der Waals surface area contributed by atoms with Crippen molar-refractivity contribution in [3.05, 3.63) is 58.3 Å². The first-order valence-corrected chi connectivity index (χ1v) is 6.03. The number of carbonyl (C=O) groups is 1. The smallest absolute Gasteiger partial charge is 0.256 e. The molecule has 1 N–H and O–H groups in total.